The maximum atomic E-state index is 9.70. The smallest absolute Gasteiger partial charge is 0.229 e. The summed E-state index contributed by atoms with van der Waals surface area (Å²) in [5.74, 6) is 1.16. The Bertz CT molecular complexity index is 510. The highest BCUT2D eigenvalue weighted by atomic mass is 79.9. The van der Waals surface area contributed by atoms with Crippen LogP contribution in [0.25, 0.3) is 0 Å². The van der Waals surface area contributed by atoms with Gasteiger partial charge in [0.1, 0.15) is 0 Å². The summed E-state index contributed by atoms with van der Waals surface area (Å²) in [4.78, 5) is 4.30. The topological polar surface area (TPSA) is 59.2 Å². The molecule has 4 nitrogen and oxygen atoms in total. The van der Waals surface area contributed by atoms with Gasteiger partial charge >= 0.3 is 0 Å². The van der Waals surface area contributed by atoms with Crippen molar-refractivity contribution in [2.24, 2.45) is 0 Å². The average Bonchev–Trinajstić information content (AvgIpc) is 2.80. The van der Waals surface area contributed by atoms with Crippen LogP contribution in [0, 0.1) is 0 Å². The third-order valence-corrected chi connectivity index (χ3v) is 3.35. The van der Waals surface area contributed by atoms with Crippen molar-refractivity contribution in [1.29, 1.82) is 0 Å². The molecule has 1 N–H and O–H groups in total. The van der Waals surface area contributed by atoms with Crippen LogP contribution < -0.4 is 0 Å². The molecule has 1 aromatic heterocycles. The monoisotopic (exact) mass is 324 g/mol. The van der Waals surface area contributed by atoms with Gasteiger partial charge in [-0.25, -0.2) is 0 Å². The van der Waals surface area contributed by atoms with Gasteiger partial charge in [-0.05, 0) is 24.1 Å². The lowest BCUT2D eigenvalue weighted by Gasteiger charge is -2.03. The Morgan fingerprint density at radius 2 is 2.05 bits per heavy atom. The molecule has 1 unspecified atom stereocenters. The Morgan fingerprint density at radius 3 is 2.74 bits per heavy atom. The highest BCUT2D eigenvalue weighted by Gasteiger charge is 2.11. The zero-order valence-electron chi connectivity index (χ0n) is 10.8. The number of halogens is 1. The number of hydrogen-bond donors (Lipinski definition) is 1. The zero-order valence-corrected chi connectivity index (χ0v) is 12.4. The number of aliphatic hydroxyl groups excluding tert-OH is 1. The Labute approximate surface area is 121 Å². The number of aromatic nitrogens is 2. The molecule has 0 spiro atoms. The van der Waals surface area contributed by atoms with Crippen LogP contribution in [0.5, 0.6) is 0 Å². The molecule has 2 rings (SSSR count). The van der Waals surface area contributed by atoms with Gasteiger partial charge in [-0.3, -0.25) is 0 Å². The van der Waals surface area contributed by atoms with Gasteiger partial charge in [0.25, 0.3) is 0 Å². The van der Waals surface area contributed by atoms with Crippen molar-refractivity contribution in [3.05, 3.63) is 46.0 Å². The van der Waals surface area contributed by atoms with Gasteiger partial charge in [0.2, 0.25) is 5.89 Å². The Hall–Kier alpha value is -1.20. The fraction of sp³-hybridized carbons (Fsp3) is 0.429. The Kier molecular flexibility index (Phi) is 5.10. The SMILES string of the molecule is CCCC(O)Cc1nc(Cc2ccc(Br)cc2)no1. The summed E-state index contributed by atoms with van der Waals surface area (Å²) in [5.41, 5.74) is 1.13. The normalized spacial score (nSPS) is 12.6. The van der Waals surface area contributed by atoms with Crippen LogP contribution in [-0.4, -0.2) is 21.4 Å². The molecular weight excluding hydrogens is 308 g/mol. The van der Waals surface area contributed by atoms with Crippen LogP contribution in [0.1, 0.15) is 37.0 Å². The van der Waals surface area contributed by atoms with Crippen LogP contribution in [0.2, 0.25) is 0 Å². The molecule has 0 amide bonds. The lowest BCUT2D eigenvalue weighted by molar-refractivity contribution is 0.151. The highest BCUT2D eigenvalue weighted by Crippen LogP contribution is 2.13. The minimum Gasteiger partial charge on any atom is -0.393 e. The van der Waals surface area contributed by atoms with Gasteiger partial charge in [-0.1, -0.05) is 46.6 Å². The second-order valence-electron chi connectivity index (χ2n) is 4.55. The molecule has 19 heavy (non-hydrogen) atoms. The van der Waals surface area contributed by atoms with E-state index in [0.29, 0.717) is 24.6 Å². The van der Waals surface area contributed by atoms with E-state index in [0.717, 1.165) is 22.9 Å². The van der Waals surface area contributed by atoms with Crippen LogP contribution in [0.3, 0.4) is 0 Å². The van der Waals surface area contributed by atoms with Crippen molar-refractivity contribution in [2.45, 2.75) is 38.7 Å². The van der Waals surface area contributed by atoms with E-state index in [1.165, 1.54) is 0 Å². The lowest BCUT2D eigenvalue weighted by atomic mass is 10.1. The first kappa shape index (κ1) is 14.2. The molecule has 0 saturated carbocycles. The quantitative estimate of drug-likeness (QED) is 0.886. The minimum atomic E-state index is -0.397. The van der Waals surface area contributed by atoms with Crippen LogP contribution in [0.4, 0.5) is 0 Å². The molecule has 0 saturated heterocycles. The van der Waals surface area contributed by atoms with Crippen molar-refractivity contribution >= 4 is 15.9 Å². The second-order valence-corrected chi connectivity index (χ2v) is 5.47. The summed E-state index contributed by atoms with van der Waals surface area (Å²) in [6.45, 7) is 2.04. The van der Waals surface area contributed by atoms with Gasteiger partial charge in [0.05, 0.1) is 12.5 Å². The van der Waals surface area contributed by atoms with Gasteiger partial charge in [0.15, 0.2) is 5.82 Å². The molecule has 0 aliphatic rings. The molecule has 5 heteroatoms. The summed E-state index contributed by atoms with van der Waals surface area (Å²) in [6.07, 6.45) is 2.37. The molecule has 0 aliphatic carbocycles. The van der Waals surface area contributed by atoms with Gasteiger partial charge in [0, 0.05) is 10.9 Å². The average molecular weight is 325 g/mol. The number of aliphatic hydroxyl groups is 1. The van der Waals surface area contributed by atoms with Crippen molar-refractivity contribution < 1.29 is 9.63 Å². The summed E-state index contributed by atoms with van der Waals surface area (Å²) in [6, 6.07) is 8.01. The van der Waals surface area contributed by atoms with Crippen molar-refractivity contribution in [3.63, 3.8) is 0 Å². The third-order valence-electron chi connectivity index (χ3n) is 2.82. The molecule has 102 valence electrons. The largest absolute Gasteiger partial charge is 0.393 e. The summed E-state index contributed by atoms with van der Waals surface area (Å²) < 4.78 is 6.20. The summed E-state index contributed by atoms with van der Waals surface area (Å²) in [5, 5.41) is 13.6. The van der Waals surface area contributed by atoms with E-state index in [-0.39, 0.29) is 0 Å². The van der Waals surface area contributed by atoms with Crippen molar-refractivity contribution in [1.82, 2.24) is 10.1 Å². The summed E-state index contributed by atoms with van der Waals surface area (Å²) >= 11 is 3.40. The molecule has 1 heterocycles. The van der Waals surface area contributed by atoms with E-state index in [1.54, 1.807) is 0 Å². The fourth-order valence-corrected chi connectivity index (χ4v) is 2.13. The van der Waals surface area contributed by atoms with Gasteiger partial charge in [-0.15, -0.1) is 0 Å². The van der Waals surface area contributed by atoms with Crippen LogP contribution >= 0.6 is 15.9 Å². The zero-order chi connectivity index (χ0) is 13.7. The molecule has 0 fully saturated rings. The van der Waals surface area contributed by atoms with E-state index in [1.807, 2.05) is 31.2 Å². The molecule has 1 atom stereocenters. The van der Waals surface area contributed by atoms with E-state index in [2.05, 4.69) is 26.1 Å². The molecular formula is C14H17BrN2O2. The van der Waals surface area contributed by atoms with E-state index in [9.17, 15) is 5.11 Å². The number of hydrogen-bond acceptors (Lipinski definition) is 4. The maximum Gasteiger partial charge on any atom is 0.229 e. The molecule has 0 bridgehead atoms. The first-order chi connectivity index (χ1) is 9.17. The van der Waals surface area contributed by atoms with Gasteiger partial charge in [-0.2, -0.15) is 4.98 Å². The highest BCUT2D eigenvalue weighted by molar-refractivity contribution is 9.10. The molecule has 1 aromatic carbocycles. The summed E-state index contributed by atoms with van der Waals surface area (Å²) in [7, 11) is 0. The van der Waals surface area contributed by atoms with Gasteiger partial charge < -0.3 is 9.63 Å². The number of benzene rings is 1. The Balaban J connectivity index is 1.95. The molecule has 0 aliphatic heterocycles. The van der Waals surface area contributed by atoms with Crippen LogP contribution in [-0.2, 0) is 12.8 Å². The standard InChI is InChI=1S/C14H17BrN2O2/c1-2-3-12(18)9-14-16-13(17-19-14)8-10-4-6-11(15)7-5-10/h4-7,12,18H,2-3,8-9H2,1H3. The predicted octanol–water partition coefficient (Wildman–Crippen LogP) is 3.13. The first-order valence-corrected chi connectivity index (χ1v) is 7.20. The van der Waals surface area contributed by atoms with Crippen LogP contribution in [0.15, 0.2) is 33.3 Å². The predicted molar refractivity (Wildman–Crippen MR) is 75.9 cm³/mol. The van der Waals surface area contributed by atoms with E-state index in [4.69, 9.17) is 4.52 Å². The number of rotatable bonds is 6. The minimum absolute atomic E-state index is 0.397. The fourth-order valence-electron chi connectivity index (χ4n) is 1.87. The van der Waals surface area contributed by atoms with Crippen molar-refractivity contribution in [2.75, 3.05) is 0 Å². The second kappa shape index (κ2) is 6.82. The molecule has 2 aromatic rings. The maximum absolute atomic E-state index is 9.70. The molecule has 0 radical (unpaired) electrons. The van der Waals surface area contributed by atoms with Crippen molar-refractivity contribution in [3.8, 4) is 0 Å². The number of nitrogens with zero attached hydrogens (tertiary/aromatic N) is 2. The van der Waals surface area contributed by atoms with E-state index >= 15 is 0 Å². The first-order valence-electron chi connectivity index (χ1n) is 6.41. The van der Waals surface area contributed by atoms with E-state index < -0.39 is 6.10 Å². The third kappa shape index (κ3) is 4.44. The Morgan fingerprint density at radius 1 is 1.32 bits per heavy atom. The lowest BCUT2D eigenvalue weighted by Crippen LogP contribution is -2.09.